The number of fused-ring (bicyclic) bond motifs is 1. The Morgan fingerprint density at radius 2 is 1.72 bits per heavy atom. The van der Waals surface area contributed by atoms with Gasteiger partial charge in [-0.2, -0.15) is 0 Å². The minimum Gasteiger partial charge on any atom is -0.340 e. The summed E-state index contributed by atoms with van der Waals surface area (Å²) in [6.07, 6.45) is 0.703. The molecular weight excluding hydrogens is 475 g/mol. The van der Waals surface area contributed by atoms with Crippen LogP contribution in [0, 0.1) is 18.7 Å². The van der Waals surface area contributed by atoms with Crippen molar-refractivity contribution in [2.24, 2.45) is 5.92 Å². The van der Waals surface area contributed by atoms with Crippen LogP contribution in [-0.4, -0.2) is 26.9 Å². The molecule has 1 amide bonds. The summed E-state index contributed by atoms with van der Waals surface area (Å²) in [6.45, 7) is 5.68. The van der Waals surface area contributed by atoms with Crippen LogP contribution in [0.3, 0.4) is 0 Å². The van der Waals surface area contributed by atoms with Crippen LogP contribution >= 0.6 is 11.6 Å². The summed E-state index contributed by atoms with van der Waals surface area (Å²) >= 11 is 6.06. The predicted octanol–water partition coefficient (Wildman–Crippen LogP) is 6.62. The summed E-state index contributed by atoms with van der Waals surface area (Å²) in [6, 6.07) is 22.1. The Labute approximate surface area is 215 Å². The summed E-state index contributed by atoms with van der Waals surface area (Å²) in [4.78, 5) is 20.1. The van der Waals surface area contributed by atoms with E-state index in [0.717, 1.165) is 34.2 Å². The second-order valence-corrected chi connectivity index (χ2v) is 9.80. The molecule has 1 unspecified atom stereocenters. The van der Waals surface area contributed by atoms with Crippen LogP contribution in [-0.2, 0) is 24.3 Å². The zero-order valence-electron chi connectivity index (χ0n) is 20.3. The van der Waals surface area contributed by atoms with Gasteiger partial charge in [-0.1, -0.05) is 48.4 Å². The highest BCUT2D eigenvalue weighted by atomic mass is 35.5. The van der Waals surface area contributed by atoms with Gasteiger partial charge in [0.25, 0.3) is 0 Å². The molecule has 184 valence electrons. The standard InChI is InChI=1S/C29H28ClFN4O/c1-19-3-5-21(6-4-19)17-20(2)29(36)34-15-16-35-26(18-34)33-27(22-7-11-24(31)12-8-22)28(35)32-25-13-9-23(30)10-14-25/h3-14,20,32H,15-18H2,1-2H3. The number of amides is 1. The van der Waals surface area contributed by atoms with Gasteiger partial charge >= 0.3 is 0 Å². The third-order valence-electron chi connectivity index (χ3n) is 6.59. The smallest absolute Gasteiger partial charge is 0.226 e. The molecule has 0 spiro atoms. The fourth-order valence-corrected chi connectivity index (χ4v) is 4.73. The molecule has 0 saturated carbocycles. The normalized spacial score (nSPS) is 13.8. The number of hydrogen-bond donors (Lipinski definition) is 1. The quantitative estimate of drug-likeness (QED) is 0.322. The molecule has 5 nitrogen and oxygen atoms in total. The summed E-state index contributed by atoms with van der Waals surface area (Å²) < 4.78 is 15.7. The van der Waals surface area contributed by atoms with Crippen LogP contribution in [0.15, 0.2) is 72.8 Å². The third kappa shape index (κ3) is 5.14. The number of nitrogens with one attached hydrogen (secondary N) is 1. The number of rotatable bonds is 6. The molecule has 7 heteroatoms. The molecule has 1 aliphatic rings. The fourth-order valence-electron chi connectivity index (χ4n) is 4.60. The molecule has 1 aliphatic heterocycles. The first kappa shape index (κ1) is 24.1. The molecule has 2 heterocycles. The van der Waals surface area contributed by atoms with E-state index in [1.54, 1.807) is 12.1 Å². The number of aromatic nitrogens is 2. The van der Waals surface area contributed by atoms with Gasteiger partial charge in [-0.15, -0.1) is 0 Å². The van der Waals surface area contributed by atoms with Gasteiger partial charge in [-0.3, -0.25) is 4.79 Å². The van der Waals surface area contributed by atoms with E-state index in [4.69, 9.17) is 16.6 Å². The Morgan fingerprint density at radius 1 is 1.03 bits per heavy atom. The van der Waals surface area contributed by atoms with Crippen molar-refractivity contribution in [2.75, 3.05) is 11.9 Å². The van der Waals surface area contributed by atoms with Crippen molar-refractivity contribution < 1.29 is 9.18 Å². The van der Waals surface area contributed by atoms with E-state index in [1.165, 1.54) is 17.7 Å². The van der Waals surface area contributed by atoms with Crippen LogP contribution in [0.25, 0.3) is 11.3 Å². The van der Waals surface area contributed by atoms with Crippen molar-refractivity contribution >= 4 is 29.0 Å². The summed E-state index contributed by atoms with van der Waals surface area (Å²) in [7, 11) is 0. The lowest BCUT2D eigenvalue weighted by Gasteiger charge is -2.30. The number of carbonyl (C=O) groups excluding carboxylic acids is 1. The molecule has 0 radical (unpaired) electrons. The number of anilines is 2. The van der Waals surface area contributed by atoms with E-state index >= 15 is 0 Å². The van der Waals surface area contributed by atoms with Crippen molar-refractivity contribution in [3.63, 3.8) is 0 Å². The van der Waals surface area contributed by atoms with Crippen LogP contribution in [0.4, 0.5) is 15.9 Å². The molecule has 1 atom stereocenters. The van der Waals surface area contributed by atoms with E-state index in [2.05, 4.69) is 41.1 Å². The van der Waals surface area contributed by atoms with E-state index < -0.39 is 0 Å². The lowest BCUT2D eigenvalue weighted by molar-refractivity contribution is -0.136. The molecule has 0 bridgehead atoms. The minimum atomic E-state index is -0.297. The monoisotopic (exact) mass is 502 g/mol. The Kier molecular flexibility index (Phi) is 6.79. The number of halogens is 2. The average Bonchev–Trinajstić information content (AvgIpc) is 3.24. The summed E-state index contributed by atoms with van der Waals surface area (Å²) in [5, 5.41) is 4.13. The molecular formula is C29H28ClFN4O. The molecule has 0 fully saturated rings. The SMILES string of the molecule is Cc1ccc(CC(C)C(=O)N2CCn3c(nc(-c4ccc(F)cc4)c3Nc3ccc(Cl)cc3)C2)cc1. The second-order valence-electron chi connectivity index (χ2n) is 9.37. The van der Waals surface area contributed by atoms with Gasteiger partial charge in [-0.05, 0) is 67.4 Å². The number of carbonyl (C=O) groups is 1. The van der Waals surface area contributed by atoms with E-state index in [0.29, 0.717) is 31.1 Å². The van der Waals surface area contributed by atoms with Gasteiger partial charge in [0.2, 0.25) is 5.91 Å². The summed E-state index contributed by atoms with van der Waals surface area (Å²) in [5.74, 6) is 1.32. The lowest BCUT2D eigenvalue weighted by atomic mass is 9.99. The average molecular weight is 503 g/mol. The van der Waals surface area contributed by atoms with E-state index in [1.807, 2.05) is 36.1 Å². The van der Waals surface area contributed by atoms with Gasteiger partial charge in [0.15, 0.2) is 0 Å². The fraction of sp³-hybridized carbons (Fsp3) is 0.241. The van der Waals surface area contributed by atoms with Gasteiger partial charge < -0.3 is 14.8 Å². The van der Waals surface area contributed by atoms with Crippen LogP contribution in [0.1, 0.15) is 23.9 Å². The topological polar surface area (TPSA) is 50.2 Å². The maximum absolute atomic E-state index is 13.6. The zero-order valence-corrected chi connectivity index (χ0v) is 21.1. The van der Waals surface area contributed by atoms with Crippen molar-refractivity contribution in [3.05, 3.63) is 101 Å². The molecule has 0 aliphatic carbocycles. The van der Waals surface area contributed by atoms with Crippen LogP contribution in [0.5, 0.6) is 0 Å². The number of benzene rings is 3. The number of aryl methyl sites for hydroxylation is 1. The highest BCUT2D eigenvalue weighted by molar-refractivity contribution is 6.30. The van der Waals surface area contributed by atoms with Crippen molar-refractivity contribution in [3.8, 4) is 11.3 Å². The first-order chi connectivity index (χ1) is 17.4. The highest BCUT2D eigenvalue weighted by Crippen LogP contribution is 2.34. The van der Waals surface area contributed by atoms with Gasteiger partial charge in [0.1, 0.15) is 23.2 Å². The first-order valence-electron chi connectivity index (χ1n) is 12.1. The maximum atomic E-state index is 13.6. The van der Waals surface area contributed by atoms with Gasteiger partial charge in [-0.25, -0.2) is 9.37 Å². The predicted molar refractivity (Wildman–Crippen MR) is 142 cm³/mol. The molecule has 0 saturated heterocycles. The summed E-state index contributed by atoms with van der Waals surface area (Å²) in [5.41, 5.74) is 4.77. The molecule has 3 aromatic carbocycles. The van der Waals surface area contributed by atoms with Crippen molar-refractivity contribution in [1.29, 1.82) is 0 Å². The van der Waals surface area contributed by atoms with Crippen molar-refractivity contribution in [2.45, 2.75) is 33.4 Å². The largest absolute Gasteiger partial charge is 0.340 e. The van der Waals surface area contributed by atoms with Gasteiger partial charge in [0, 0.05) is 35.3 Å². The molecule has 5 rings (SSSR count). The lowest BCUT2D eigenvalue weighted by Crippen LogP contribution is -2.41. The maximum Gasteiger partial charge on any atom is 0.226 e. The molecule has 4 aromatic rings. The van der Waals surface area contributed by atoms with E-state index in [-0.39, 0.29) is 17.6 Å². The van der Waals surface area contributed by atoms with Crippen LogP contribution < -0.4 is 5.32 Å². The minimum absolute atomic E-state index is 0.125. The van der Waals surface area contributed by atoms with E-state index in [9.17, 15) is 9.18 Å². The number of hydrogen-bond acceptors (Lipinski definition) is 3. The van der Waals surface area contributed by atoms with Crippen LogP contribution in [0.2, 0.25) is 5.02 Å². The van der Waals surface area contributed by atoms with Gasteiger partial charge in [0.05, 0.1) is 6.54 Å². The third-order valence-corrected chi connectivity index (χ3v) is 6.84. The Bertz CT molecular complexity index is 1360. The number of nitrogens with zero attached hydrogens (tertiary/aromatic N) is 3. The Balaban J connectivity index is 1.41. The Hall–Kier alpha value is -3.64. The number of imidazole rings is 1. The first-order valence-corrected chi connectivity index (χ1v) is 12.5. The second kappa shape index (κ2) is 10.2. The molecule has 1 N–H and O–H groups in total. The highest BCUT2D eigenvalue weighted by Gasteiger charge is 2.29. The molecule has 1 aromatic heterocycles. The Morgan fingerprint density at radius 3 is 2.42 bits per heavy atom. The molecule has 36 heavy (non-hydrogen) atoms. The van der Waals surface area contributed by atoms with Crippen molar-refractivity contribution in [1.82, 2.24) is 14.5 Å². The zero-order chi connectivity index (χ0) is 25.2.